The zero-order valence-corrected chi connectivity index (χ0v) is 34.6. The Balaban J connectivity index is 1.19. The van der Waals surface area contributed by atoms with E-state index in [0.29, 0.717) is 0 Å². The Morgan fingerprint density at radius 3 is 0.905 bits per heavy atom. The molecule has 0 aliphatic carbocycles. The molecule has 2 heterocycles. The molecule has 0 saturated carbocycles. The van der Waals surface area contributed by atoms with Crippen LogP contribution in [0, 0.1) is 0 Å². The monoisotopic (exact) mass is 800 g/mol. The molecule has 0 atom stereocenters. The van der Waals surface area contributed by atoms with E-state index in [4.69, 9.17) is 0 Å². The van der Waals surface area contributed by atoms with E-state index in [1.165, 1.54) is 94.8 Å². The van der Waals surface area contributed by atoms with Crippen molar-refractivity contribution in [1.29, 1.82) is 0 Å². The minimum atomic E-state index is -0.0858. The van der Waals surface area contributed by atoms with Gasteiger partial charge in [-0.25, -0.2) is 0 Å². The average molecular weight is 801 g/mol. The number of fused-ring (bicyclic) bond motifs is 4. The molecule has 0 spiro atoms. The molecular weight excluding hydrogens is 759 g/mol. The first-order valence-corrected chi connectivity index (χ1v) is 21.8. The highest BCUT2D eigenvalue weighted by molar-refractivity contribution is 7.02. The Morgan fingerprint density at radius 2 is 0.540 bits per heavy atom. The lowest BCUT2D eigenvalue weighted by molar-refractivity contribution is 1.25. The Labute approximate surface area is 369 Å². The molecule has 0 N–H and O–H groups in total. The third-order valence-corrected chi connectivity index (χ3v) is 12.9. The maximum Gasteiger partial charge on any atom is 0.253 e. The SMILES string of the molecule is c1ccc(-c2ccc(N3c4cccc(-c5ccccc5)c4B4c5c(-c6ccccc6)cccc5N(c5ccc(-c6ccccc6)cc5)c5cc(-c6ccccc6)cc3c54)cc2)cc1. The molecule has 12 rings (SSSR count). The minimum Gasteiger partial charge on any atom is -0.311 e. The molecule has 0 amide bonds. The second-order valence-electron chi connectivity index (χ2n) is 16.4. The quantitative estimate of drug-likeness (QED) is 0.148. The second kappa shape index (κ2) is 15.4. The Bertz CT molecular complexity index is 3040. The maximum atomic E-state index is 2.53. The average Bonchev–Trinajstić information content (AvgIpc) is 3.37. The molecule has 0 bridgehead atoms. The van der Waals surface area contributed by atoms with E-state index in [2.05, 4.69) is 259 Å². The summed E-state index contributed by atoms with van der Waals surface area (Å²) in [6, 6.07) is 91.1. The molecule has 63 heavy (non-hydrogen) atoms. The summed E-state index contributed by atoms with van der Waals surface area (Å²) >= 11 is 0. The molecular formula is C60H41BN2. The fraction of sp³-hybridized carbons (Fsp3) is 0. The van der Waals surface area contributed by atoms with Crippen LogP contribution in [0.2, 0.25) is 0 Å². The Hall–Kier alpha value is -8.14. The third-order valence-electron chi connectivity index (χ3n) is 12.9. The number of nitrogens with zero attached hydrogens (tertiary/aromatic N) is 2. The first-order valence-electron chi connectivity index (χ1n) is 21.8. The predicted molar refractivity (Wildman–Crippen MR) is 268 cm³/mol. The summed E-state index contributed by atoms with van der Waals surface area (Å²) in [5.41, 5.74) is 22.9. The van der Waals surface area contributed by atoms with Gasteiger partial charge in [0.15, 0.2) is 0 Å². The maximum absolute atomic E-state index is 2.53. The van der Waals surface area contributed by atoms with E-state index in [-0.39, 0.29) is 6.71 Å². The molecule has 2 aliphatic rings. The third kappa shape index (κ3) is 6.28. The van der Waals surface area contributed by atoms with Crippen LogP contribution in [0.3, 0.4) is 0 Å². The van der Waals surface area contributed by atoms with Gasteiger partial charge in [-0.3, -0.25) is 0 Å². The molecule has 294 valence electrons. The van der Waals surface area contributed by atoms with E-state index in [1.807, 2.05) is 0 Å². The van der Waals surface area contributed by atoms with Crippen molar-refractivity contribution in [3.05, 3.63) is 249 Å². The van der Waals surface area contributed by atoms with Gasteiger partial charge in [0.05, 0.1) is 0 Å². The van der Waals surface area contributed by atoms with Gasteiger partial charge in [0.1, 0.15) is 0 Å². The fourth-order valence-electron chi connectivity index (χ4n) is 10.0. The number of hydrogen-bond acceptors (Lipinski definition) is 2. The summed E-state index contributed by atoms with van der Waals surface area (Å²) in [6.07, 6.45) is 0. The summed E-state index contributed by atoms with van der Waals surface area (Å²) in [7, 11) is 0. The van der Waals surface area contributed by atoms with Crippen LogP contribution >= 0.6 is 0 Å². The Kier molecular flexibility index (Phi) is 8.97. The van der Waals surface area contributed by atoms with Crippen molar-refractivity contribution in [3.63, 3.8) is 0 Å². The molecule has 3 heteroatoms. The van der Waals surface area contributed by atoms with Crippen molar-refractivity contribution in [2.24, 2.45) is 0 Å². The van der Waals surface area contributed by atoms with Gasteiger partial charge in [0.2, 0.25) is 0 Å². The van der Waals surface area contributed by atoms with Crippen LogP contribution in [0.25, 0.3) is 55.6 Å². The first kappa shape index (κ1) is 36.7. The zero-order chi connectivity index (χ0) is 41.7. The van der Waals surface area contributed by atoms with Crippen molar-refractivity contribution in [2.45, 2.75) is 0 Å². The minimum absolute atomic E-state index is 0.0858. The highest BCUT2D eigenvalue weighted by atomic mass is 15.2. The van der Waals surface area contributed by atoms with Crippen LogP contribution in [0.1, 0.15) is 0 Å². The van der Waals surface area contributed by atoms with Gasteiger partial charge in [-0.15, -0.1) is 0 Å². The van der Waals surface area contributed by atoms with Crippen molar-refractivity contribution in [2.75, 3.05) is 9.80 Å². The van der Waals surface area contributed by atoms with Crippen LogP contribution in [-0.2, 0) is 0 Å². The smallest absolute Gasteiger partial charge is 0.253 e. The summed E-state index contributed by atoms with van der Waals surface area (Å²) < 4.78 is 0. The number of rotatable bonds is 7. The van der Waals surface area contributed by atoms with Gasteiger partial charge in [-0.05, 0) is 121 Å². The molecule has 0 fully saturated rings. The fourth-order valence-corrected chi connectivity index (χ4v) is 10.0. The molecule has 10 aromatic rings. The molecule has 10 aromatic carbocycles. The summed E-state index contributed by atoms with van der Waals surface area (Å²) in [5, 5.41) is 0. The van der Waals surface area contributed by atoms with E-state index in [1.54, 1.807) is 0 Å². The van der Waals surface area contributed by atoms with Gasteiger partial charge in [0.25, 0.3) is 6.71 Å². The zero-order valence-electron chi connectivity index (χ0n) is 34.6. The van der Waals surface area contributed by atoms with Crippen LogP contribution in [-0.4, -0.2) is 6.71 Å². The summed E-state index contributed by atoms with van der Waals surface area (Å²) in [5.74, 6) is 0. The van der Waals surface area contributed by atoms with Gasteiger partial charge in [-0.1, -0.05) is 200 Å². The van der Waals surface area contributed by atoms with Crippen LogP contribution in [0.15, 0.2) is 249 Å². The number of anilines is 6. The van der Waals surface area contributed by atoms with Crippen molar-refractivity contribution >= 4 is 57.2 Å². The second-order valence-corrected chi connectivity index (χ2v) is 16.4. The predicted octanol–water partition coefficient (Wildman–Crippen LogP) is 14.1. The molecule has 2 aliphatic heterocycles. The van der Waals surface area contributed by atoms with Crippen molar-refractivity contribution in [3.8, 4) is 55.6 Å². The molecule has 0 radical (unpaired) electrons. The molecule has 0 saturated heterocycles. The standard InChI is InChI=1S/C60H41BN2/c1-6-18-42(19-7-1)45-32-36-50(37-33-45)62-54-30-16-28-52(47-24-12-4-13-25-47)58(54)61-59-53(48-26-14-5-15-27-48)29-17-31-55(59)63(51-38-34-46(35-39-51)43-20-8-2-9-21-43)57-41-49(40-56(62)60(57)61)44-22-10-3-11-23-44/h1-41H. The van der Waals surface area contributed by atoms with Gasteiger partial charge >= 0.3 is 0 Å². The highest BCUT2D eigenvalue weighted by Crippen LogP contribution is 2.48. The van der Waals surface area contributed by atoms with Crippen molar-refractivity contribution < 1.29 is 0 Å². The van der Waals surface area contributed by atoms with E-state index in [9.17, 15) is 0 Å². The normalized spacial score (nSPS) is 12.3. The van der Waals surface area contributed by atoms with E-state index < -0.39 is 0 Å². The van der Waals surface area contributed by atoms with Crippen LogP contribution in [0.4, 0.5) is 34.1 Å². The lowest BCUT2D eigenvalue weighted by Gasteiger charge is -2.45. The summed E-state index contributed by atoms with van der Waals surface area (Å²) in [6.45, 7) is -0.0858. The lowest BCUT2D eigenvalue weighted by atomic mass is 9.32. The van der Waals surface area contributed by atoms with E-state index >= 15 is 0 Å². The topological polar surface area (TPSA) is 6.48 Å². The van der Waals surface area contributed by atoms with Gasteiger partial charge in [0, 0.05) is 34.1 Å². The van der Waals surface area contributed by atoms with E-state index in [0.717, 1.165) is 11.4 Å². The molecule has 0 aromatic heterocycles. The van der Waals surface area contributed by atoms with Gasteiger partial charge in [-0.2, -0.15) is 0 Å². The molecule has 2 nitrogen and oxygen atoms in total. The lowest BCUT2D eigenvalue weighted by Crippen LogP contribution is -2.62. The largest absolute Gasteiger partial charge is 0.311 e. The first-order chi connectivity index (χ1) is 31.3. The van der Waals surface area contributed by atoms with Crippen molar-refractivity contribution in [1.82, 2.24) is 0 Å². The summed E-state index contributed by atoms with van der Waals surface area (Å²) in [4.78, 5) is 5.07. The number of hydrogen-bond donors (Lipinski definition) is 0. The highest BCUT2D eigenvalue weighted by Gasteiger charge is 2.46. The Morgan fingerprint density at radius 1 is 0.222 bits per heavy atom. The van der Waals surface area contributed by atoms with Crippen LogP contribution in [0.5, 0.6) is 0 Å². The van der Waals surface area contributed by atoms with Gasteiger partial charge < -0.3 is 9.80 Å². The van der Waals surface area contributed by atoms with Crippen LogP contribution < -0.4 is 26.2 Å². The number of benzene rings is 10. The molecule has 0 unspecified atom stereocenters.